The summed E-state index contributed by atoms with van der Waals surface area (Å²) < 4.78 is 45.3. The Balaban J connectivity index is 0.923. The molecule has 2 aliphatic rings. The second kappa shape index (κ2) is 14.2. The van der Waals surface area contributed by atoms with Gasteiger partial charge in [-0.25, -0.2) is 14.1 Å². The molecule has 4 aromatic rings. The number of nitrogens with two attached hydrogens (primary N) is 1. The van der Waals surface area contributed by atoms with Crippen LogP contribution < -0.4 is 16.6 Å². The lowest BCUT2D eigenvalue weighted by molar-refractivity contribution is -0.121. The Labute approximate surface area is 278 Å². The molecule has 262 valence electrons. The van der Waals surface area contributed by atoms with Crippen LogP contribution in [0.3, 0.4) is 0 Å². The number of rotatable bonds is 14. The molecule has 0 bridgehead atoms. The minimum absolute atomic E-state index is 0.0572. The third-order valence-corrected chi connectivity index (χ3v) is 10.7. The number of benzene rings is 2. The van der Waals surface area contributed by atoms with Crippen LogP contribution in [0.2, 0.25) is 0 Å². The average molecular weight is 721 g/mol. The fourth-order valence-electron chi connectivity index (χ4n) is 5.86. The maximum Gasteiger partial charge on any atom is 0.481 e. The number of aliphatic hydroxyl groups is 2. The van der Waals surface area contributed by atoms with E-state index in [4.69, 9.17) is 19.5 Å². The molecule has 8 N–H and O–H groups in total. The molecule has 1 amide bonds. The van der Waals surface area contributed by atoms with Crippen LogP contribution in [-0.2, 0) is 32.0 Å². The summed E-state index contributed by atoms with van der Waals surface area (Å²) in [6.45, 7) is -1.18. The summed E-state index contributed by atoms with van der Waals surface area (Å²) >= 11 is 0. The lowest BCUT2D eigenvalue weighted by Crippen LogP contribution is -2.33. The first kappa shape index (κ1) is 35.0. The lowest BCUT2D eigenvalue weighted by Gasteiger charge is -2.19. The third kappa shape index (κ3) is 7.69. The van der Waals surface area contributed by atoms with Crippen LogP contribution in [-0.4, -0.2) is 77.0 Å². The van der Waals surface area contributed by atoms with Gasteiger partial charge in [0.2, 0.25) is 11.9 Å². The minimum Gasteiger partial charge on any atom is -0.387 e. The van der Waals surface area contributed by atoms with Crippen molar-refractivity contribution in [3.8, 4) is 11.1 Å². The monoisotopic (exact) mass is 720 g/mol. The lowest BCUT2D eigenvalue weighted by atomic mass is 10.0. The number of amides is 1. The molecule has 0 spiro atoms. The topological polar surface area (TPSA) is 271 Å². The molecule has 0 saturated carbocycles. The van der Waals surface area contributed by atoms with E-state index < -0.39 is 52.4 Å². The average Bonchev–Trinajstić information content (AvgIpc) is 3.70. The van der Waals surface area contributed by atoms with Crippen molar-refractivity contribution in [1.29, 1.82) is 0 Å². The number of anilines is 1. The number of H-pyrrole nitrogens is 1. The molecular formula is C29H34N6O12P2. The molecule has 2 aromatic heterocycles. The maximum atomic E-state index is 12.7. The third-order valence-electron chi connectivity index (χ3n) is 8.11. The van der Waals surface area contributed by atoms with Crippen LogP contribution in [0.5, 0.6) is 0 Å². The number of phosphoric ester groups is 2. The van der Waals surface area contributed by atoms with Crippen molar-refractivity contribution in [3.05, 3.63) is 76.3 Å². The van der Waals surface area contributed by atoms with E-state index in [-0.39, 0.29) is 48.5 Å². The molecule has 1 aliphatic heterocycles. The van der Waals surface area contributed by atoms with Crippen molar-refractivity contribution >= 4 is 38.7 Å². The first-order chi connectivity index (χ1) is 23.3. The van der Waals surface area contributed by atoms with Crippen molar-refractivity contribution in [1.82, 2.24) is 24.8 Å². The number of aliphatic hydroxyl groups excluding tert-OH is 2. The van der Waals surface area contributed by atoms with E-state index in [0.717, 1.165) is 33.1 Å². The summed E-state index contributed by atoms with van der Waals surface area (Å²) in [4.78, 5) is 54.9. The number of imidazole rings is 1. The van der Waals surface area contributed by atoms with Crippen LogP contribution in [0.1, 0.15) is 49.1 Å². The fourth-order valence-corrected chi connectivity index (χ4v) is 7.98. The Hall–Kier alpha value is -3.80. The number of phosphoric acid groups is 2. The van der Waals surface area contributed by atoms with Crippen LogP contribution in [0.25, 0.3) is 22.3 Å². The molecule has 1 fully saturated rings. The maximum absolute atomic E-state index is 12.7. The zero-order valence-corrected chi connectivity index (χ0v) is 27.5. The molecule has 1 aliphatic carbocycles. The predicted octanol–water partition coefficient (Wildman–Crippen LogP) is 2.02. The first-order valence-corrected chi connectivity index (χ1v) is 18.2. The number of carbonyl (C=O) groups is 1. The molecule has 6 atom stereocenters. The smallest absolute Gasteiger partial charge is 0.387 e. The van der Waals surface area contributed by atoms with Crippen LogP contribution in [0, 0.1) is 0 Å². The van der Waals surface area contributed by atoms with E-state index in [0.29, 0.717) is 12.8 Å². The number of unbranched alkanes of at least 4 members (excludes halogenated alkanes) is 2. The highest BCUT2D eigenvalue weighted by Crippen LogP contribution is 2.60. The highest BCUT2D eigenvalue weighted by molar-refractivity contribution is 7.61. The van der Waals surface area contributed by atoms with Crippen molar-refractivity contribution in [2.75, 3.05) is 18.9 Å². The van der Waals surface area contributed by atoms with Crippen molar-refractivity contribution in [2.45, 2.75) is 56.3 Å². The molecule has 1 saturated heterocycles. The summed E-state index contributed by atoms with van der Waals surface area (Å²) in [6.07, 6.45) is -3.59. The highest BCUT2D eigenvalue weighted by Gasteiger charge is 2.46. The van der Waals surface area contributed by atoms with Gasteiger partial charge in [-0.3, -0.25) is 28.2 Å². The molecule has 0 radical (unpaired) electrons. The van der Waals surface area contributed by atoms with Gasteiger partial charge < -0.3 is 35.8 Å². The zero-order valence-electron chi connectivity index (χ0n) is 25.7. The zero-order chi connectivity index (χ0) is 34.9. The number of carbonyl (C=O) groups excluding carboxylic acids is 1. The molecule has 49 heavy (non-hydrogen) atoms. The Morgan fingerprint density at radius 2 is 1.63 bits per heavy atom. The molecule has 20 heteroatoms. The first-order valence-electron chi connectivity index (χ1n) is 15.2. The number of ether oxygens (including phenoxy) is 1. The highest BCUT2D eigenvalue weighted by atomic mass is 31.3. The summed E-state index contributed by atoms with van der Waals surface area (Å²) in [5, 5.41) is 24.0. The predicted molar refractivity (Wildman–Crippen MR) is 171 cm³/mol. The Morgan fingerprint density at radius 1 is 0.980 bits per heavy atom. The number of fused-ring (bicyclic) bond motifs is 4. The number of hydrogen-bond donors (Lipinski definition) is 7. The molecule has 2 unspecified atom stereocenters. The molecular weight excluding hydrogens is 686 g/mol. The van der Waals surface area contributed by atoms with E-state index in [2.05, 4.69) is 24.6 Å². The number of nitrogens with zero attached hydrogens (tertiary/aromatic N) is 3. The Bertz CT molecular complexity index is 1960. The summed E-state index contributed by atoms with van der Waals surface area (Å²) in [6, 6.07) is 15.5. The normalized spacial score (nSPS) is 22.8. The summed E-state index contributed by atoms with van der Waals surface area (Å²) in [7, 11) is -10.3. The van der Waals surface area contributed by atoms with Gasteiger partial charge in [-0.05, 0) is 35.1 Å². The van der Waals surface area contributed by atoms with Gasteiger partial charge in [0.1, 0.15) is 18.3 Å². The Morgan fingerprint density at radius 3 is 2.33 bits per heavy atom. The number of hydrogen-bond acceptors (Lipinski definition) is 13. The second-order valence-corrected chi connectivity index (χ2v) is 14.5. The molecule has 18 nitrogen and oxygen atoms in total. The molecule has 2 aromatic carbocycles. The van der Waals surface area contributed by atoms with E-state index >= 15 is 0 Å². The quantitative estimate of drug-likeness (QED) is 0.0725. The molecule has 6 rings (SSSR count). The van der Waals surface area contributed by atoms with E-state index in [1.807, 2.05) is 48.5 Å². The Kier molecular flexibility index (Phi) is 10.2. The van der Waals surface area contributed by atoms with Gasteiger partial charge in [0, 0.05) is 6.42 Å². The van der Waals surface area contributed by atoms with Gasteiger partial charge >= 0.3 is 15.6 Å². The van der Waals surface area contributed by atoms with E-state index in [1.54, 1.807) is 0 Å². The van der Waals surface area contributed by atoms with Crippen LogP contribution in [0.4, 0.5) is 5.95 Å². The van der Waals surface area contributed by atoms with Crippen molar-refractivity contribution < 1.29 is 52.0 Å². The van der Waals surface area contributed by atoms with E-state index in [1.165, 1.54) is 0 Å². The van der Waals surface area contributed by atoms with Crippen LogP contribution in [0.15, 0.2) is 59.7 Å². The largest absolute Gasteiger partial charge is 0.481 e. The van der Waals surface area contributed by atoms with Gasteiger partial charge in [0.25, 0.3) is 5.56 Å². The SMILES string of the molecule is Nc1nc2c(ncn2[C@@H]2O[C@H](COP(=O)(O)OP(=O)(O)OCCCCCC(=O)NC3c4ccccc4-c4ccccc43)[C@@H](O)[C@H]2O)c(=O)[nH]1. The molecule has 3 heterocycles. The standard InChI is InChI=1S/C29H34N6O12P2/c30-29-33-26-23(27(39)34-29)31-15-35(26)28-25(38)24(37)20(46-28)14-45-49(42,43)47-48(40,41)44-13-7-1-2-12-21(36)32-22-18-10-5-3-8-16(18)17-9-4-6-11-19(17)22/h3-6,8-11,15,20,22,24-25,28,37-38H,1-2,7,12-14H2,(H,32,36)(H,40,41)(H,42,43)(H3,30,33,34,39)/t20-,24-,25-,28-/m1/s1. The van der Waals surface area contributed by atoms with Gasteiger partial charge in [0.15, 0.2) is 17.4 Å². The van der Waals surface area contributed by atoms with Gasteiger partial charge in [-0.15, -0.1) is 0 Å². The number of aromatic nitrogens is 4. The van der Waals surface area contributed by atoms with Gasteiger partial charge in [-0.2, -0.15) is 9.29 Å². The number of aromatic amines is 1. The van der Waals surface area contributed by atoms with Gasteiger partial charge in [0.05, 0.1) is 25.6 Å². The second-order valence-electron chi connectivity index (χ2n) is 11.5. The van der Waals surface area contributed by atoms with Crippen molar-refractivity contribution in [3.63, 3.8) is 0 Å². The van der Waals surface area contributed by atoms with Crippen LogP contribution >= 0.6 is 15.6 Å². The van der Waals surface area contributed by atoms with E-state index in [9.17, 15) is 38.7 Å². The number of nitrogen functional groups attached to an aromatic ring is 1. The summed E-state index contributed by atoms with van der Waals surface area (Å²) in [5.74, 6) is -0.390. The summed E-state index contributed by atoms with van der Waals surface area (Å²) in [5.41, 5.74) is 8.95. The fraction of sp³-hybridized carbons (Fsp3) is 0.379. The van der Waals surface area contributed by atoms with Crippen molar-refractivity contribution in [2.24, 2.45) is 0 Å². The number of nitrogens with one attached hydrogen (secondary N) is 2. The minimum atomic E-state index is -5.24. The van der Waals surface area contributed by atoms with Gasteiger partial charge in [-0.1, -0.05) is 55.0 Å².